The number of nitrogens with zero attached hydrogens (tertiary/aromatic N) is 3. The normalized spacial score (nSPS) is 13.4. The number of aromatic nitrogens is 3. The largest absolute Gasteiger partial charge is 0.573 e. The fraction of sp³-hybridized carbons (Fsp3) is 0.409. The van der Waals surface area contributed by atoms with Gasteiger partial charge >= 0.3 is 6.36 Å². The number of alkyl halides is 3. The van der Waals surface area contributed by atoms with Crippen molar-refractivity contribution >= 4 is 11.6 Å². The Morgan fingerprint density at radius 1 is 1.21 bits per heavy atom. The third-order valence-corrected chi connectivity index (χ3v) is 5.12. The Hall–Kier alpha value is -3.41. The lowest BCUT2D eigenvalue weighted by Gasteiger charge is -2.30. The fourth-order valence-corrected chi connectivity index (χ4v) is 3.51. The molecule has 8 nitrogen and oxygen atoms in total. The van der Waals surface area contributed by atoms with E-state index >= 15 is 0 Å². The molecular formula is C22H24F4N4O4. The lowest BCUT2D eigenvalue weighted by Crippen LogP contribution is -2.42. The summed E-state index contributed by atoms with van der Waals surface area (Å²) < 4.78 is 57.8. The van der Waals surface area contributed by atoms with Crippen molar-refractivity contribution in [2.45, 2.75) is 51.6 Å². The maximum atomic E-state index is 14.3. The van der Waals surface area contributed by atoms with Crippen LogP contribution < -0.4 is 15.6 Å². The van der Waals surface area contributed by atoms with Crippen molar-refractivity contribution in [3.63, 3.8) is 0 Å². The van der Waals surface area contributed by atoms with Gasteiger partial charge in [0, 0.05) is 19.3 Å². The number of rotatable bonds is 6. The quantitative estimate of drug-likeness (QED) is 0.523. The zero-order valence-corrected chi connectivity index (χ0v) is 19.1. The molecule has 0 spiro atoms. The van der Waals surface area contributed by atoms with Crippen molar-refractivity contribution in [3.8, 4) is 5.75 Å². The summed E-state index contributed by atoms with van der Waals surface area (Å²) in [7, 11) is 1.55. The molecule has 2 N–H and O–H groups in total. The van der Waals surface area contributed by atoms with Gasteiger partial charge in [0.25, 0.3) is 11.5 Å². The van der Waals surface area contributed by atoms with Crippen LogP contribution in [0.1, 0.15) is 61.3 Å². The number of halogens is 4. The van der Waals surface area contributed by atoms with Crippen molar-refractivity contribution in [1.82, 2.24) is 19.5 Å². The van der Waals surface area contributed by atoms with Crippen LogP contribution in [0.15, 0.2) is 35.3 Å². The molecule has 3 rings (SSSR count). The Labute approximate surface area is 191 Å². The van der Waals surface area contributed by atoms with Crippen LogP contribution in [-0.4, -0.2) is 37.2 Å². The predicted octanol–water partition coefficient (Wildman–Crippen LogP) is 3.44. The first-order valence-corrected chi connectivity index (χ1v) is 10.3. The molecule has 1 aromatic carbocycles. The molecule has 0 fully saturated rings. The van der Waals surface area contributed by atoms with E-state index in [0.717, 1.165) is 18.2 Å². The number of amides is 1. The van der Waals surface area contributed by atoms with Gasteiger partial charge < -0.3 is 15.2 Å². The summed E-state index contributed by atoms with van der Waals surface area (Å²) in [5.41, 5.74) is -1.45. The van der Waals surface area contributed by atoms with Crippen LogP contribution in [0.3, 0.4) is 0 Å². The van der Waals surface area contributed by atoms with E-state index in [0.29, 0.717) is 5.69 Å². The van der Waals surface area contributed by atoms with Gasteiger partial charge in [0.1, 0.15) is 5.56 Å². The van der Waals surface area contributed by atoms with E-state index in [2.05, 4.69) is 15.0 Å². The van der Waals surface area contributed by atoms with Crippen LogP contribution in [0.2, 0.25) is 0 Å². The van der Waals surface area contributed by atoms with Crippen LogP contribution >= 0.6 is 0 Å². The van der Waals surface area contributed by atoms with E-state index < -0.39 is 41.0 Å². The maximum Gasteiger partial charge on any atom is 0.573 e. The molecule has 0 radical (unpaired) electrons. The molecule has 1 amide bonds. The van der Waals surface area contributed by atoms with Gasteiger partial charge in [0.15, 0.2) is 17.2 Å². The van der Waals surface area contributed by atoms with E-state index in [9.17, 15) is 32.3 Å². The highest BCUT2D eigenvalue weighted by molar-refractivity contribution is 6.00. The summed E-state index contributed by atoms with van der Waals surface area (Å²) in [6, 6.07) is 2.75. The SMILES string of the molecule is CC(C)c1cc(=O)n2c(n1)c(C(=O)N[C@@H](c1ccc(OC(F)(F)F)c(F)c1)C(C)(C)O)cn2C. The molecular weight excluding hydrogens is 460 g/mol. The molecule has 1 atom stereocenters. The van der Waals surface area contributed by atoms with Gasteiger partial charge in [0.2, 0.25) is 0 Å². The molecule has 0 aliphatic heterocycles. The van der Waals surface area contributed by atoms with Gasteiger partial charge in [-0.05, 0) is 37.5 Å². The van der Waals surface area contributed by atoms with Crippen LogP contribution in [0, 0.1) is 5.82 Å². The number of carbonyl (C=O) groups excluding carboxylic acids is 1. The summed E-state index contributed by atoms with van der Waals surface area (Å²) >= 11 is 0. The molecule has 34 heavy (non-hydrogen) atoms. The Morgan fingerprint density at radius 2 is 1.85 bits per heavy atom. The van der Waals surface area contributed by atoms with Gasteiger partial charge in [-0.25, -0.2) is 9.37 Å². The summed E-state index contributed by atoms with van der Waals surface area (Å²) in [6.45, 7) is 6.37. The molecule has 0 saturated carbocycles. The first-order valence-electron chi connectivity index (χ1n) is 10.3. The number of fused-ring (bicyclic) bond motifs is 1. The number of aryl methyl sites for hydroxylation is 1. The summed E-state index contributed by atoms with van der Waals surface area (Å²) in [6.07, 6.45) is -3.70. The lowest BCUT2D eigenvalue weighted by molar-refractivity contribution is -0.275. The molecule has 3 aromatic rings. The number of nitrogens with one attached hydrogen (secondary N) is 1. The molecule has 2 aromatic heterocycles. The highest BCUT2D eigenvalue weighted by Gasteiger charge is 2.35. The average molecular weight is 484 g/mol. The van der Waals surface area contributed by atoms with E-state index in [1.807, 2.05) is 13.8 Å². The summed E-state index contributed by atoms with van der Waals surface area (Å²) in [5, 5.41) is 13.2. The average Bonchev–Trinajstić information content (AvgIpc) is 3.03. The van der Waals surface area contributed by atoms with Crippen LogP contribution in [-0.2, 0) is 7.05 Å². The zero-order chi connectivity index (χ0) is 25.6. The minimum Gasteiger partial charge on any atom is -0.403 e. The van der Waals surface area contributed by atoms with Crippen molar-refractivity contribution in [2.75, 3.05) is 0 Å². The van der Waals surface area contributed by atoms with Gasteiger partial charge in [-0.1, -0.05) is 19.9 Å². The second-order valence-corrected chi connectivity index (χ2v) is 8.72. The smallest absolute Gasteiger partial charge is 0.403 e. The first kappa shape index (κ1) is 25.2. The predicted molar refractivity (Wildman–Crippen MR) is 114 cm³/mol. The number of ether oxygens (including phenoxy) is 1. The molecule has 0 saturated heterocycles. The topological polar surface area (TPSA) is 97.9 Å². The summed E-state index contributed by atoms with van der Waals surface area (Å²) in [5.74, 6) is -3.18. The monoisotopic (exact) mass is 484 g/mol. The highest BCUT2D eigenvalue weighted by Crippen LogP contribution is 2.31. The molecule has 0 aliphatic carbocycles. The molecule has 184 valence electrons. The lowest BCUT2D eigenvalue weighted by atomic mass is 9.91. The number of hydrogen-bond donors (Lipinski definition) is 2. The van der Waals surface area contributed by atoms with E-state index in [1.54, 1.807) is 7.05 Å². The Morgan fingerprint density at radius 3 is 2.38 bits per heavy atom. The van der Waals surface area contributed by atoms with E-state index in [-0.39, 0.29) is 22.7 Å². The third-order valence-electron chi connectivity index (χ3n) is 5.12. The number of benzene rings is 1. The summed E-state index contributed by atoms with van der Waals surface area (Å²) in [4.78, 5) is 30.1. The minimum atomic E-state index is -5.08. The Balaban J connectivity index is 2.02. The molecule has 2 heterocycles. The van der Waals surface area contributed by atoms with Gasteiger partial charge in [-0.2, -0.15) is 4.52 Å². The van der Waals surface area contributed by atoms with Crippen molar-refractivity contribution in [3.05, 3.63) is 63.5 Å². The second kappa shape index (κ2) is 8.75. The zero-order valence-electron chi connectivity index (χ0n) is 19.1. The Bertz CT molecular complexity index is 1290. The van der Waals surface area contributed by atoms with Crippen LogP contribution in [0.4, 0.5) is 17.6 Å². The van der Waals surface area contributed by atoms with Gasteiger partial charge in [0.05, 0.1) is 17.3 Å². The molecule has 12 heteroatoms. The van der Waals surface area contributed by atoms with E-state index in [4.69, 9.17) is 0 Å². The number of carbonyl (C=O) groups is 1. The standard InChI is InChI=1S/C22H24F4N4O4/c1-11(2)15-9-17(31)30-19(27-15)13(10-29(30)5)20(32)28-18(21(3,4)33)12-6-7-16(14(23)8-12)34-22(24,25)26/h6-11,18,33H,1-5H3,(H,28,32)/t18-/m0/s1. The first-order chi connectivity index (χ1) is 15.6. The highest BCUT2D eigenvalue weighted by atomic mass is 19.4. The molecule has 0 bridgehead atoms. The number of aliphatic hydroxyl groups is 1. The number of hydrogen-bond acceptors (Lipinski definition) is 5. The van der Waals surface area contributed by atoms with E-state index in [1.165, 1.54) is 35.3 Å². The Kier molecular flexibility index (Phi) is 6.49. The molecule has 0 unspecified atom stereocenters. The van der Waals surface area contributed by atoms with Crippen molar-refractivity contribution < 1.29 is 32.2 Å². The van der Waals surface area contributed by atoms with Crippen molar-refractivity contribution in [2.24, 2.45) is 7.05 Å². The van der Waals surface area contributed by atoms with Gasteiger partial charge in [-0.3, -0.25) is 14.3 Å². The van der Waals surface area contributed by atoms with Crippen LogP contribution in [0.5, 0.6) is 5.75 Å². The third kappa shape index (κ3) is 5.22. The van der Waals surface area contributed by atoms with Crippen LogP contribution in [0.25, 0.3) is 5.65 Å². The second-order valence-electron chi connectivity index (χ2n) is 8.72. The van der Waals surface area contributed by atoms with Gasteiger partial charge in [-0.15, -0.1) is 13.2 Å². The maximum absolute atomic E-state index is 14.3. The van der Waals surface area contributed by atoms with Crippen molar-refractivity contribution in [1.29, 1.82) is 0 Å². The minimum absolute atomic E-state index is 0.00102. The molecule has 0 aliphatic rings. The fourth-order valence-electron chi connectivity index (χ4n) is 3.51.